The summed E-state index contributed by atoms with van der Waals surface area (Å²) in [7, 11) is 0. The van der Waals surface area contributed by atoms with Crippen LogP contribution in [-0.4, -0.2) is 11.5 Å². The van der Waals surface area contributed by atoms with Crippen molar-refractivity contribution in [2.24, 2.45) is 0 Å². The van der Waals surface area contributed by atoms with Gasteiger partial charge >= 0.3 is 0 Å². The minimum Gasteiger partial charge on any atom is -1.00 e. The molecule has 0 aliphatic carbocycles. The number of nitrogens with two attached hydrogens (primary N) is 1. The Kier molecular flexibility index (Phi) is 7.05. The molecule has 0 radical (unpaired) electrons. The van der Waals surface area contributed by atoms with Crippen molar-refractivity contribution in [3.8, 4) is 0 Å². The van der Waals surface area contributed by atoms with Gasteiger partial charge in [0.2, 0.25) is 0 Å². The van der Waals surface area contributed by atoms with E-state index in [2.05, 4.69) is 12.2 Å². The molecule has 6 heteroatoms. The van der Waals surface area contributed by atoms with Crippen molar-refractivity contribution in [3.05, 3.63) is 38.9 Å². The molecule has 4 nitrogen and oxygen atoms in total. The largest absolute Gasteiger partial charge is 1.00 e. The summed E-state index contributed by atoms with van der Waals surface area (Å²) in [5.41, 5.74) is 0.949. The van der Waals surface area contributed by atoms with Crippen LogP contribution in [0.4, 0.5) is 5.69 Å². The smallest absolute Gasteiger partial charge is 0.271 e. The molecule has 0 aliphatic heterocycles. The number of benzene rings is 1. The highest BCUT2D eigenvalue weighted by atomic mass is 35.5. The van der Waals surface area contributed by atoms with Crippen LogP contribution in [0.1, 0.15) is 18.9 Å². The van der Waals surface area contributed by atoms with E-state index < -0.39 is 4.92 Å². The highest BCUT2D eigenvalue weighted by molar-refractivity contribution is 6.30. The van der Waals surface area contributed by atoms with Crippen LogP contribution in [0.3, 0.4) is 0 Å². The van der Waals surface area contributed by atoms with Gasteiger partial charge < -0.3 is 17.7 Å². The molecule has 0 atom stereocenters. The standard InChI is InChI=1S/C10H13ClN2O2.ClH/c1-2-3-12-7-8-4-9(11)6-10(5-8)13(14)15;/h4-6,12H,2-3,7H2,1H3;1H. The molecule has 0 spiro atoms. The Labute approximate surface area is 106 Å². The molecule has 16 heavy (non-hydrogen) atoms. The average molecular weight is 265 g/mol. The second-order valence-corrected chi connectivity index (χ2v) is 3.79. The van der Waals surface area contributed by atoms with Crippen LogP contribution < -0.4 is 17.7 Å². The lowest BCUT2D eigenvalue weighted by atomic mass is 10.2. The van der Waals surface area contributed by atoms with Gasteiger partial charge in [-0.25, -0.2) is 0 Å². The van der Waals surface area contributed by atoms with Gasteiger partial charge in [-0.05, 0) is 12.5 Å². The lowest BCUT2D eigenvalue weighted by Crippen LogP contribution is -3.00. The minimum atomic E-state index is -0.421. The molecule has 0 unspecified atom stereocenters. The zero-order chi connectivity index (χ0) is 11.3. The van der Waals surface area contributed by atoms with Gasteiger partial charge in [-0.3, -0.25) is 10.1 Å². The number of quaternary nitrogens is 1. The molecule has 0 saturated heterocycles. The van der Waals surface area contributed by atoms with Gasteiger partial charge in [-0.1, -0.05) is 18.5 Å². The number of non-ortho nitro benzene ring substituents is 1. The quantitative estimate of drug-likeness (QED) is 0.410. The summed E-state index contributed by atoms with van der Waals surface area (Å²) in [5, 5.41) is 13.1. The van der Waals surface area contributed by atoms with Crippen LogP contribution in [0.15, 0.2) is 18.2 Å². The Morgan fingerprint density at radius 1 is 1.44 bits per heavy atom. The summed E-state index contributed by atoms with van der Waals surface area (Å²) in [5.74, 6) is 0. The Morgan fingerprint density at radius 2 is 2.12 bits per heavy atom. The molecule has 1 rings (SSSR count). The van der Waals surface area contributed by atoms with E-state index in [4.69, 9.17) is 11.6 Å². The fourth-order valence-corrected chi connectivity index (χ4v) is 1.58. The zero-order valence-corrected chi connectivity index (χ0v) is 10.5. The molecule has 90 valence electrons. The summed E-state index contributed by atoms with van der Waals surface area (Å²) in [6.07, 6.45) is 1.09. The maximum Gasteiger partial charge on any atom is 0.271 e. The fraction of sp³-hybridized carbons (Fsp3) is 0.400. The van der Waals surface area contributed by atoms with E-state index in [-0.39, 0.29) is 18.1 Å². The number of hydrogen-bond donors (Lipinski definition) is 1. The minimum absolute atomic E-state index is 0. The van der Waals surface area contributed by atoms with Crippen molar-refractivity contribution in [1.29, 1.82) is 0 Å². The maximum absolute atomic E-state index is 10.6. The number of nitro benzene ring substituents is 1. The first-order valence-electron chi connectivity index (χ1n) is 4.89. The van der Waals surface area contributed by atoms with Crippen LogP contribution in [0.5, 0.6) is 0 Å². The molecular weight excluding hydrogens is 251 g/mol. The molecule has 1 aromatic rings. The molecule has 2 N–H and O–H groups in total. The van der Waals surface area contributed by atoms with Crippen LogP contribution in [0.2, 0.25) is 5.02 Å². The first kappa shape index (κ1) is 15.2. The SMILES string of the molecule is CCC[NH2+]Cc1cc(Cl)cc([N+](=O)[O-])c1.[Cl-]. The molecule has 0 aromatic heterocycles. The number of rotatable bonds is 5. The van der Waals surface area contributed by atoms with E-state index in [1.165, 1.54) is 6.07 Å². The van der Waals surface area contributed by atoms with Gasteiger partial charge in [-0.15, -0.1) is 0 Å². The van der Waals surface area contributed by atoms with E-state index in [9.17, 15) is 10.1 Å². The lowest BCUT2D eigenvalue weighted by Gasteiger charge is -2.01. The second kappa shape index (κ2) is 7.44. The number of hydrogen-bond acceptors (Lipinski definition) is 2. The fourth-order valence-electron chi connectivity index (χ4n) is 1.33. The van der Waals surface area contributed by atoms with Crippen molar-refractivity contribution in [2.75, 3.05) is 6.54 Å². The summed E-state index contributed by atoms with van der Waals surface area (Å²) < 4.78 is 0. The van der Waals surface area contributed by atoms with Gasteiger partial charge in [0.15, 0.2) is 0 Å². The van der Waals surface area contributed by atoms with Crippen LogP contribution in [0, 0.1) is 10.1 Å². The van der Waals surface area contributed by atoms with Gasteiger partial charge in [0, 0.05) is 22.7 Å². The summed E-state index contributed by atoms with van der Waals surface area (Å²) in [6.45, 7) is 3.84. The predicted octanol–water partition coefficient (Wildman–Crippen LogP) is -1.27. The number of halogens is 2. The molecule has 0 bridgehead atoms. The van der Waals surface area contributed by atoms with E-state index in [0.29, 0.717) is 5.02 Å². The molecule has 0 saturated carbocycles. The molecule has 0 heterocycles. The van der Waals surface area contributed by atoms with Crippen LogP contribution >= 0.6 is 11.6 Å². The van der Waals surface area contributed by atoms with Gasteiger partial charge in [0.05, 0.1) is 11.5 Å². The topological polar surface area (TPSA) is 59.8 Å². The average Bonchev–Trinajstić information content (AvgIpc) is 2.17. The van der Waals surface area contributed by atoms with Crippen molar-refractivity contribution >= 4 is 17.3 Å². The second-order valence-electron chi connectivity index (χ2n) is 3.36. The summed E-state index contributed by atoms with van der Waals surface area (Å²) >= 11 is 5.79. The van der Waals surface area contributed by atoms with Crippen molar-refractivity contribution < 1.29 is 22.6 Å². The monoisotopic (exact) mass is 264 g/mol. The summed E-state index contributed by atoms with van der Waals surface area (Å²) in [6, 6.07) is 4.70. The van der Waals surface area contributed by atoms with Gasteiger partial charge in [0.1, 0.15) is 6.54 Å². The van der Waals surface area contributed by atoms with Crippen LogP contribution in [0.25, 0.3) is 0 Å². The molecule has 0 aliphatic rings. The van der Waals surface area contributed by atoms with E-state index in [1.807, 2.05) is 0 Å². The number of nitrogens with zero attached hydrogens (tertiary/aromatic N) is 1. The third-order valence-corrected chi connectivity index (χ3v) is 2.24. The zero-order valence-electron chi connectivity index (χ0n) is 8.95. The lowest BCUT2D eigenvalue weighted by molar-refractivity contribution is -0.670. The Hall–Kier alpha value is -0.840. The van der Waals surface area contributed by atoms with E-state index in [0.717, 1.165) is 25.1 Å². The van der Waals surface area contributed by atoms with Gasteiger partial charge in [0.25, 0.3) is 5.69 Å². The molecule has 1 aromatic carbocycles. The highest BCUT2D eigenvalue weighted by Crippen LogP contribution is 2.20. The van der Waals surface area contributed by atoms with Gasteiger partial charge in [-0.2, -0.15) is 0 Å². The first-order valence-corrected chi connectivity index (χ1v) is 5.26. The summed E-state index contributed by atoms with van der Waals surface area (Å²) in [4.78, 5) is 10.2. The predicted molar refractivity (Wildman–Crippen MR) is 58.9 cm³/mol. The van der Waals surface area contributed by atoms with E-state index >= 15 is 0 Å². The third-order valence-electron chi connectivity index (χ3n) is 2.03. The third kappa shape index (κ3) is 4.79. The van der Waals surface area contributed by atoms with Crippen molar-refractivity contribution in [3.63, 3.8) is 0 Å². The molecule has 0 fully saturated rings. The normalized spacial score (nSPS) is 9.62. The van der Waals surface area contributed by atoms with E-state index in [1.54, 1.807) is 12.1 Å². The Bertz CT molecular complexity index is 359. The number of nitro groups is 1. The first-order chi connectivity index (χ1) is 7.13. The Morgan fingerprint density at radius 3 is 2.69 bits per heavy atom. The van der Waals surface area contributed by atoms with Crippen LogP contribution in [-0.2, 0) is 6.54 Å². The maximum atomic E-state index is 10.6. The molecular formula is C10H14Cl2N2O2. The molecule has 0 amide bonds. The van der Waals surface area contributed by atoms with Crippen molar-refractivity contribution in [1.82, 2.24) is 0 Å². The Balaban J connectivity index is 0.00000225. The highest BCUT2D eigenvalue weighted by Gasteiger charge is 2.09. The van der Waals surface area contributed by atoms with Crippen molar-refractivity contribution in [2.45, 2.75) is 19.9 Å².